The van der Waals surface area contributed by atoms with Crippen LogP contribution in [-0.2, 0) is 5.60 Å². The van der Waals surface area contributed by atoms with E-state index in [-0.39, 0.29) is 5.92 Å². The maximum atomic E-state index is 12.2. The Morgan fingerprint density at radius 2 is 1.72 bits per heavy atom. The number of pyridine rings is 2. The molecule has 2 N–H and O–H groups in total. The number of benzene rings is 2. The van der Waals surface area contributed by atoms with Gasteiger partial charge in [0.15, 0.2) is 0 Å². The SMILES string of the molecule is OC(c1cccnc1)(c1ccc2nc(Cl)c(-c3ccccc3)c(Cl)c2c1)C1CCNCC1. The second-order valence-corrected chi connectivity index (χ2v) is 8.96. The van der Waals surface area contributed by atoms with Crippen LogP contribution in [0, 0.1) is 5.92 Å². The Bertz CT molecular complexity index is 1240. The Labute approximate surface area is 197 Å². The number of aliphatic hydroxyl groups is 1. The van der Waals surface area contributed by atoms with Gasteiger partial charge < -0.3 is 10.4 Å². The number of piperidine rings is 1. The van der Waals surface area contributed by atoms with Crippen molar-refractivity contribution >= 4 is 34.1 Å². The Morgan fingerprint density at radius 1 is 0.938 bits per heavy atom. The molecule has 6 heteroatoms. The van der Waals surface area contributed by atoms with Gasteiger partial charge in [-0.05, 0) is 61.2 Å². The van der Waals surface area contributed by atoms with Gasteiger partial charge in [0.05, 0.1) is 10.5 Å². The maximum Gasteiger partial charge on any atom is 0.139 e. The van der Waals surface area contributed by atoms with Gasteiger partial charge in [0, 0.05) is 28.9 Å². The summed E-state index contributed by atoms with van der Waals surface area (Å²) in [6, 6.07) is 19.4. The van der Waals surface area contributed by atoms with Crippen molar-refractivity contribution in [2.45, 2.75) is 18.4 Å². The highest BCUT2D eigenvalue weighted by atomic mass is 35.5. The van der Waals surface area contributed by atoms with E-state index in [4.69, 9.17) is 23.2 Å². The van der Waals surface area contributed by atoms with Crippen molar-refractivity contribution in [2.24, 2.45) is 5.92 Å². The minimum absolute atomic E-state index is 0.0537. The van der Waals surface area contributed by atoms with Gasteiger partial charge >= 0.3 is 0 Å². The average Bonchev–Trinajstić information content (AvgIpc) is 2.85. The molecule has 1 unspecified atom stereocenters. The molecule has 2 aromatic heterocycles. The minimum atomic E-state index is -1.18. The van der Waals surface area contributed by atoms with Crippen LogP contribution in [-0.4, -0.2) is 28.2 Å². The van der Waals surface area contributed by atoms with E-state index < -0.39 is 5.60 Å². The lowest BCUT2D eigenvalue weighted by Crippen LogP contribution is -2.42. The number of halogens is 2. The largest absolute Gasteiger partial charge is 0.380 e. The molecule has 1 atom stereocenters. The van der Waals surface area contributed by atoms with Crippen LogP contribution >= 0.6 is 23.2 Å². The molecule has 32 heavy (non-hydrogen) atoms. The van der Waals surface area contributed by atoms with E-state index >= 15 is 0 Å². The number of hydrogen-bond donors (Lipinski definition) is 2. The molecular weight excluding hydrogens is 441 g/mol. The highest BCUT2D eigenvalue weighted by Crippen LogP contribution is 2.44. The lowest BCUT2D eigenvalue weighted by atomic mass is 9.72. The lowest BCUT2D eigenvalue weighted by molar-refractivity contribution is 0.00218. The fraction of sp³-hybridized carbons (Fsp3) is 0.231. The molecule has 2 aromatic carbocycles. The van der Waals surface area contributed by atoms with Crippen LogP contribution in [0.3, 0.4) is 0 Å². The first-order valence-electron chi connectivity index (χ1n) is 10.8. The summed E-state index contributed by atoms with van der Waals surface area (Å²) in [7, 11) is 0. The predicted molar refractivity (Wildman–Crippen MR) is 130 cm³/mol. The summed E-state index contributed by atoms with van der Waals surface area (Å²) < 4.78 is 0. The maximum absolute atomic E-state index is 12.2. The standard InChI is InChI=1S/C26H23Cl2N3O/c27-24-21-15-19(8-9-22(21)31-25(28)23(24)17-5-2-1-3-6-17)26(32,18-10-13-29-14-11-18)20-7-4-12-30-16-20/h1-9,12,15-16,18,29,32H,10-11,13-14H2. The molecule has 1 aliphatic rings. The summed E-state index contributed by atoms with van der Waals surface area (Å²) in [4.78, 5) is 8.88. The zero-order valence-corrected chi connectivity index (χ0v) is 18.9. The Kier molecular flexibility index (Phi) is 5.87. The van der Waals surface area contributed by atoms with E-state index in [0.29, 0.717) is 21.3 Å². The molecule has 5 rings (SSSR count). The molecule has 4 nitrogen and oxygen atoms in total. The second kappa shape index (κ2) is 8.80. The van der Waals surface area contributed by atoms with Crippen molar-refractivity contribution in [2.75, 3.05) is 13.1 Å². The zero-order valence-electron chi connectivity index (χ0n) is 17.4. The van der Waals surface area contributed by atoms with E-state index in [9.17, 15) is 5.11 Å². The third-order valence-corrected chi connectivity index (χ3v) is 7.08. The van der Waals surface area contributed by atoms with Crippen LogP contribution in [0.2, 0.25) is 10.2 Å². The van der Waals surface area contributed by atoms with Gasteiger partial charge in [-0.1, -0.05) is 65.7 Å². The van der Waals surface area contributed by atoms with Crippen LogP contribution in [0.1, 0.15) is 24.0 Å². The van der Waals surface area contributed by atoms with Crippen molar-refractivity contribution in [1.29, 1.82) is 0 Å². The number of nitrogens with one attached hydrogen (secondary N) is 1. The minimum Gasteiger partial charge on any atom is -0.380 e. The van der Waals surface area contributed by atoms with Gasteiger partial charge in [-0.3, -0.25) is 4.98 Å². The fourth-order valence-electron chi connectivity index (χ4n) is 4.75. The first-order chi connectivity index (χ1) is 15.6. The highest BCUT2D eigenvalue weighted by Gasteiger charge is 2.41. The molecule has 1 fully saturated rings. The number of fused-ring (bicyclic) bond motifs is 1. The van der Waals surface area contributed by atoms with E-state index in [1.54, 1.807) is 12.4 Å². The number of aromatic nitrogens is 2. The van der Waals surface area contributed by atoms with Gasteiger partial charge in [0.25, 0.3) is 0 Å². The Hall–Kier alpha value is -2.50. The summed E-state index contributed by atoms with van der Waals surface area (Å²) in [5, 5.41) is 17.3. The molecule has 1 saturated heterocycles. The van der Waals surface area contributed by atoms with Crippen molar-refractivity contribution in [3.8, 4) is 11.1 Å². The third kappa shape index (κ3) is 3.67. The summed E-state index contributed by atoms with van der Waals surface area (Å²) in [6.07, 6.45) is 5.21. The number of nitrogens with zero attached hydrogens (tertiary/aromatic N) is 2. The van der Waals surface area contributed by atoms with Gasteiger partial charge in [-0.2, -0.15) is 0 Å². The average molecular weight is 464 g/mol. The predicted octanol–water partition coefficient (Wildman–Crippen LogP) is 5.84. The lowest BCUT2D eigenvalue weighted by Gasteiger charge is -2.39. The molecule has 0 spiro atoms. The van der Waals surface area contributed by atoms with Crippen molar-refractivity contribution in [1.82, 2.24) is 15.3 Å². The molecule has 0 radical (unpaired) electrons. The first-order valence-corrected chi connectivity index (χ1v) is 11.5. The summed E-state index contributed by atoms with van der Waals surface area (Å²) in [6.45, 7) is 1.74. The quantitative estimate of drug-likeness (QED) is 0.373. The fourth-order valence-corrected chi connectivity index (χ4v) is 5.44. The van der Waals surface area contributed by atoms with E-state index in [2.05, 4.69) is 15.3 Å². The van der Waals surface area contributed by atoms with Crippen molar-refractivity contribution < 1.29 is 5.11 Å². The monoisotopic (exact) mass is 463 g/mol. The van der Waals surface area contributed by atoms with Crippen LogP contribution < -0.4 is 5.32 Å². The molecule has 1 aliphatic heterocycles. The van der Waals surface area contributed by atoms with Gasteiger partial charge in [-0.15, -0.1) is 0 Å². The molecule has 0 aliphatic carbocycles. The number of hydrogen-bond acceptors (Lipinski definition) is 4. The van der Waals surface area contributed by atoms with Crippen molar-refractivity contribution in [3.63, 3.8) is 0 Å². The first kappa shape index (κ1) is 21.4. The topological polar surface area (TPSA) is 58.0 Å². The molecule has 4 aromatic rings. The summed E-state index contributed by atoms with van der Waals surface area (Å²) >= 11 is 13.4. The van der Waals surface area contributed by atoms with Crippen LogP contribution in [0.4, 0.5) is 0 Å². The smallest absolute Gasteiger partial charge is 0.139 e. The van der Waals surface area contributed by atoms with Crippen LogP contribution in [0.25, 0.3) is 22.0 Å². The van der Waals surface area contributed by atoms with E-state index in [1.165, 1.54) is 0 Å². The molecular formula is C26H23Cl2N3O. The number of rotatable bonds is 4. The molecule has 3 heterocycles. The Morgan fingerprint density at radius 3 is 2.44 bits per heavy atom. The van der Waals surface area contributed by atoms with Gasteiger partial charge in [0.2, 0.25) is 0 Å². The van der Waals surface area contributed by atoms with E-state index in [1.807, 2.05) is 60.7 Å². The normalized spacial score (nSPS) is 16.7. The summed E-state index contributed by atoms with van der Waals surface area (Å²) in [5.41, 5.74) is 2.69. The third-order valence-electron chi connectivity index (χ3n) is 6.41. The zero-order chi connectivity index (χ0) is 22.1. The van der Waals surface area contributed by atoms with Gasteiger partial charge in [-0.25, -0.2) is 4.98 Å². The molecule has 0 amide bonds. The highest BCUT2D eigenvalue weighted by molar-refractivity contribution is 6.42. The second-order valence-electron chi connectivity index (χ2n) is 8.22. The molecule has 162 valence electrons. The summed E-state index contributed by atoms with van der Waals surface area (Å²) in [5.74, 6) is 0.0537. The van der Waals surface area contributed by atoms with E-state index in [0.717, 1.165) is 48.0 Å². The molecule has 0 saturated carbocycles. The van der Waals surface area contributed by atoms with Crippen LogP contribution in [0.15, 0.2) is 73.1 Å². The van der Waals surface area contributed by atoms with Gasteiger partial charge in [0.1, 0.15) is 10.8 Å². The van der Waals surface area contributed by atoms with Crippen molar-refractivity contribution in [3.05, 3.63) is 94.4 Å². The molecule has 0 bridgehead atoms. The van der Waals surface area contributed by atoms with Crippen LogP contribution in [0.5, 0.6) is 0 Å². The Balaban J connectivity index is 1.71.